The summed E-state index contributed by atoms with van der Waals surface area (Å²) in [4.78, 5) is 23.0. The van der Waals surface area contributed by atoms with E-state index in [1.165, 1.54) is 14.0 Å². The second kappa shape index (κ2) is 9.96. The number of carboxylic acids is 1. The topological polar surface area (TPSA) is 96.9 Å². The number of aliphatic carboxylic acids is 1. The van der Waals surface area contributed by atoms with Crippen molar-refractivity contribution in [3.05, 3.63) is 52.5 Å². The lowest BCUT2D eigenvalue weighted by Crippen LogP contribution is -2.33. The molecule has 150 valence electrons. The van der Waals surface area contributed by atoms with E-state index in [0.29, 0.717) is 27.8 Å². The van der Waals surface area contributed by atoms with Crippen LogP contribution in [0.4, 0.5) is 5.69 Å². The van der Waals surface area contributed by atoms with Gasteiger partial charge in [0, 0.05) is 23.3 Å². The van der Waals surface area contributed by atoms with E-state index < -0.39 is 12.0 Å². The second-order valence-electron chi connectivity index (χ2n) is 6.24. The molecule has 0 aromatic heterocycles. The predicted octanol–water partition coefficient (Wildman–Crippen LogP) is 3.24. The Bertz CT molecular complexity index is 839. The summed E-state index contributed by atoms with van der Waals surface area (Å²) in [5.74, 6) is -0.556. The highest BCUT2D eigenvalue weighted by Crippen LogP contribution is 2.33. The Morgan fingerprint density at radius 2 is 1.86 bits per heavy atom. The highest BCUT2D eigenvalue weighted by Gasteiger charge is 2.15. The van der Waals surface area contributed by atoms with Gasteiger partial charge in [-0.2, -0.15) is 0 Å². The van der Waals surface area contributed by atoms with Crippen molar-refractivity contribution in [3.8, 4) is 11.5 Å². The van der Waals surface area contributed by atoms with Gasteiger partial charge in [-0.3, -0.25) is 9.59 Å². The van der Waals surface area contributed by atoms with Gasteiger partial charge in [0.05, 0.1) is 7.11 Å². The molecule has 1 atom stereocenters. The van der Waals surface area contributed by atoms with Crippen LogP contribution in [0.15, 0.2) is 36.4 Å². The molecule has 8 heteroatoms. The normalized spacial score (nSPS) is 11.6. The zero-order valence-electron chi connectivity index (χ0n) is 15.9. The molecule has 0 spiro atoms. The van der Waals surface area contributed by atoms with Crippen LogP contribution in [0.25, 0.3) is 0 Å². The summed E-state index contributed by atoms with van der Waals surface area (Å²) in [6.07, 6.45) is 0. The summed E-state index contributed by atoms with van der Waals surface area (Å²) in [6, 6.07) is 9.89. The van der Waals surface area contributed by atoms with Crippen LogP contribution in [0.1, 0.15) is 18.1 Å². The molecule has 0 fully saturated rings. The average Bonchev–Trinajstić information content (AvgIpc) is 2.66. The molecule has 0 aliphatic heterocycles. The van der Waals surface area contributed by atoms with Crippen molar-refractivity contribution in [1.82, 2.24) is 5.32 Å². The molecule has 0 bridgehead atoms. The predicted molar refractivity (Wildman–Crippen MR) is 107 cm³/mol. The van der Waals surface area contributed by atoms with Crippen LogP contribution in [0.2, 0.25) is 5.02 Å². The minimum atomic E-state index is -0.956. The molecule has 0 radical (unpaired) electrons. The molecule has 0 heterocycles. The lowest BCUT2D eigenvalue weighted by atomic mass is 10.2. The fraction of sp³-hybridized carbons (Fsp3) is 0.300. The van der Waals surface area contributed by atoms with Gasteiger partial charge in [-0.25, -0.2) is 0 Å². The third-order valence-corrected chi connectivity index (χ3v) is 4.35. The minimum absolute atomic E-state index is 0.214. The van der Waals surface area contributed by atoms with Crippen LogP contribution < -0.4 is 20.1 Å². The maximum absolute atomic E-state index is 12.1. The number of anilines is 1. The number of hydrogen-bond acceptors (Lipinski definition) is 5. The first kappa shape index (κ1) is 21.5. The lowest BCUT2D eigenvalue weighted by Gasteiger charge is -2.15. The molecule has 7 nitrogen and oxygen atoms in total. The maximum atomic E-state index is 12.1. The van der Waals surface area contributed by atoms with Gasteiger partial charge in [0.25, 0.3) is 5.91 Å². The van der Waals surface area contributed by atoms with E-state index in [4.69, 9.17) is 26.2 Å². The number of ether oxygens (including phenoxy) is 2. The number of rotatable bonds is 9. The molecule has 1 unspecified atom stereocenters. The van der Waals surface area contributed by atoms with Gasteiger partial charge < -0.3 is 25.2 Å². The van der Waals surface area contributed by atoms with E-state index >= 15 is 0 Å². The number of aryl methyl sites for hydroxylation is 1. The molecule has 0 saturated heterocycles. The quantitative estimate of drug-likeness (QED) is 0.591. The first-order valence-electron chi connectivity index (χ1n) is 8.62. The Morgan fingerprint density at radius 3 is 2.46 bits per heavy atom. The molecule has 28 heavy (non-hydrogen) atoms. The van der Waals surface area contributed by atoms with Gasteiger partial charge in [0.2, 0.25) is 0 Å². The van der Waals surface area contributed by atoms with E-state index in [2.05, 4.69) is 10.6 Å². The van der Waals surface area contributed by atoms with Gasteiger partial charge in [-0.1, -0.05) is 29.3 Å². The summed E-state index contributed by atoms with van der Waals surface area (Å²) < 4.78 is 10.8. The van der Waals surface area contributed by atoms with Crippen LogP contribution in [0, 0.1) is 6.92 Å². The summed E-state index contributed by atoms with van der Waals surface area (Å²) in [6.45, 7) is 3.54. The Labute approximate surface area is 168 Å². The van der Waals surface area contributed by atoms with Crippen molar-refractivity contribution in [1.29, 1.82) is 0 Å². The van der Waals surface area contributed by atoms with Crippen molar-refractivity contribution in [2.45, 2.75) is 26.4 Å². The molecule has 0 saturated carbocycles. The minimum Gasteiger partial charge on any atom is -0.493 e. The van der Waals surface area contributed by atoms with E-state index in [1.54, 1.807) is 12.1 Å². The number of carbonyl (C=O) groups is 2. The van der Waals surface area contributed by atoms with Gasteiger partial charge in [0.15, 0.2) is 18.1 Å². The molecule has 0 aliphatic rings. The van der Waals surface area contributed by atoms with Gasteiger partial charge >= 0.3 is 5.97 Å². The monoisotopic (exact) mass is 406 g/mol. The zero-order chi connectivity index (χ0) is 20.7. The third kappa shape index (κ3) is 6.14. The highest BCUT2D eigenvalue weighted by molar-refractivity contribution is 6.31. The number of amides is 1. The molecular formula is C20H23ClN2O5. The van der Waals surface area contributed by atoms with E-state index in [-0.39, 0.29) is 19.1 Å². The van der Waals surface area contributed by atoms with Crippen molar-refractivity contribution >= 4 is 29.2 Å². The first-order chi connectivity index (χ1) is 13.3. The molecule has 0 aliphatic carbocycles. The number of nitrogens with one attached hydrogen (secondary N) is 2. The molecule has 2 rings (SSSR count). The van der Waals surface area contributed by atoms with Gasteiger partial charge in [-0.15, -0.1) is 0 Å². The molecule has 2 aromatic carbocycles. The maximum Gasteiger partial charge on any atom is 0.320 e. The lowest BCUT2D eigenvalue weighted by molar-refractivity contribution is -0.139. The number of halogens is 1. The summed E-state index contributed by atoms with van der Waals surface area (Å²) in [5.41, 5.74) is 2.43. The van der Waals surface area contributed by atoms with Gasteiger partial charge in [-0.05, 0) is 37.6 Å². The van der Waals surface area contributed by atoms with Crippen molar-refractivity contribution in [3.63, 3.8) is 0 Å². The van der Waals surface area contributed by atoms with Crippen LogP contribution in [-0.2, 0) is 16.1 Å². The Balaban J connectivity index is 2.00. The van der Waals surface area contributed by atoms with E-state index in [1.807, 2.05) is 31.2 Å². The number of methoxy groups -OCH3 is 1. The van der Waals surface area contributed by atoms with Crippen LogP contribution in [0.5, 0.6) is 11.5 Å². The number of carbonyl (C=O) groups excluding carboxylic acids is 1. The molecular weight excluding hydrogens is 384 g/mol. The zero-order valence-corrected chi connectivity index (χ0v) is 16.7. The van der Waals surface area contributed by atoms with Gasteiger partial charge in [0.1, 0.15) is 6.04 Å². The average molecular weight is 407 g/mol. The largest absolute Gasteiger partial charge is 0.493 e. The fourth-order valence-corrected chi connectivity index (χ4v) is 2.53. The fourth-order valence-electron chi connectivity index (χ4n) is 2.31. The van der Waals surface area contributed by atoms with Crippen LogP contribution in [0.3, 0.4) is 0 Å². The van der Waals surface area contributed by atoms with E-state index in [9.17, 15) is 9.59 Å². The number of carboxylic acid groups (broad SMARTS) is 1. The Kier molecular flexibility index (Phi) is 7.66. The standard InChI is InChI=1S/C20H23ClN2O5/c1-12-4-6-15(7-5-12)23-19(24)11-28-18-9-16(21)14(8-17(18)27-3)10-22-13(2)20(25)26/h4-9,13,22H,10-11H2,1-3H3,(H,23,24)(H,25,26). The second-order valence-corrected chi connectivity index (χ2v) is 6.65. The number of benzene rings is 2. The first-order valence-corrected chi connectivity index (χ1v) is 9.00. The molecule has 3 N–H and O–H groups in total. The van der Waals surface area contributed by atoms with Crippen LogP contribution in [-0.4, -0.2) is 36.7 Å². The highest BCUT2D eigenvalue weighted by atomic mass is 35.5. The smallest absolute Gasteiger partial charge is 0.320 e. The summed E-state index contributed by atoms with van der Waals surface area (Å²) in [7, 11) is 1.47. The van der Waals surface area contributed by atoms with E-state index in [0.717, 1.165) is 5.56 Å². The van der Waals surface area contributed by atoms with Crippen molar-refractivity contribution in [2.75, 3.05) is 19.0 Å². The van der Waals surface area contributed by atoms with Crippen molar-refractivity contribution in [2.24, 2.45) is 0 Å². The Hall–Kier alpha value is -2.77. The third-order valence-electron chi connectivity index (χ3n) is 4.00. The molecule has 2 aromatic rings. The summed E-state index contributed by atoms with van der Waals surface area (Å²) >= 11 is 6.26. The van der Waals surface area contributed by atoms with Crippen LogP contribution >= 0.6 is 11.6 Å². The molecule has 1 amide bonds. The Morgan fingerprint density at radius 1 is 1.18 bits per heavy atom. The SMILES string of the molecule is COc1cc(CNC(C)C(=O)O)c(Cl)cc1OCC(=O)Nc1ccc(C)cc1. The number of hydrogen-bond donors (Lipinski definition) is 3. The van der Waals surface area contributed by atoms with Crippen molar-refractivity contribution < 1.29 is 24.2 Å². The summed E-state index contributed by atoms with van der Waals surface area (Å²) in [5, 5.41) is 14.9.